The van der Waals surface area contributed by atoms with Crippen LogP contribution in [-0.2, 0) is 0 Å². The van der Waals surface area contributed by atoms with Crippen molar-refractivity contribution in [3.63, 3.8) is 0 Å². The van der Waals surface area contributed by atoms with E-state index in [1.807, 2.05) is 23.2 Å². The zero-order valence-corrected chi connectivity index (χ0v) is 19.7. The Labute approximate surface area is 202 Å². The number of carbonyl (C=O) groups is 1. The van der Waals surface area contributed by atoms with E-state index >= 15 is 0 Å². The maximum absolute atomic E-state index is 13.0. The molecule has 8 nitrogen and oxygen atoms in total. The standard InChI is InChI=1S/C25H27N7OS/c33-24(32-13-9-27-10-14-32)22-15-20-21(34-22)6-1-17-16-28-25(30-23(17)20)29-18-2-4-19(5-3-18)31-11-7-26-8-12-31/h1-6,15-16,26-27H,7-14H2,(H,28,29,30). The monoisotopic (exact) mass is 473 g/mol. The minimum atomic E-state index is 0.104. The Balaban J connectivity index is 1.26. The quantitative estimate of drug-likeness (QED) is 0.420. The van der Waals surface area contributed by atoms with Crippen molar-refractivity contribution >= 4 is 55.6 Å². The van der Waals surface area contributed by atoms with Crippen LogP contribution in [0.3, 0.4) is 0 Å². The van der Waals surface area contributed by atoms with Gasteiger partial charge in [0.25, 0.3) is 5.91 Å². The van der Waals surface area contributed by atoms with Gasteiger partial charge in [-0.2, -0.15) is 0 Å². The third-order valence-corrected chi connectivity index (χ3v) is 7.56. The van der Waals surface area contributed by atoms with Crippen molar-refractivity contribution in [2.45, 2.75) is 0 Å². The molecule has 0 unspecified atom stereocenters. The molecule has 0 radical (unpaired) electrons. The molecule has 6 rings (SSSR count). The lowest BCUT2D eigenvalue weighted by molar-refractivity contribution is 0.0741. The van der Waals surface area contributed by atoms with Crippen molar-refractivity contribution in [3.8, 4) is 0 Å². The fourth-order valence-electron chi connectivity index (χ4n) is 4.61. The Morgan fingerprint density at radius 3 is 2.44 bits per heavy atom. The van der Waals surface area contributed by atoms with Crippen molar-refractivity contribution in [1.29, 1.82) is 0 Å². The molecule has 34 heavy (non-hydrogen) atoms. The molecule has 2 aliphatic rings. The van der Waals surface area contributed by atoms with E-state index in [9.17, 15) is 4.79 Å². The maximum atomic E-state index is 13.0. The molecule has 0 bridgehead atoms. The summed E-state index contributed by atoms with van der Waals surface area (Å²) < 4.78 is 1.07. The highest BCUT2D eigenvalue weighted by atomic mass is 32.1. The van der Waals surface area contributed by atoms with Gasteiger partial charge in [-0.3, -0.25) is 4.79 Å². The highest BCUT2D eigenvalue weighted by Crippen LogP contribution is 2.32. The summed E-state index contributed by atoms with van der Waals surface area (Å²) in [7, 11) is 0. The van der Waals surface area contributed by atoms with E-state index in [0.717, 1.165) is 83.9 Å². The minimum absolute atomic E-state index is 0.104. The zero-order valence-electron chi connectivity index (χ0n) is 18.9. The number of aromatic nitrogens is 2. The van der Waals surface area contributed by atoms with Crippen LogP contribution in [-0.4, -0.2) is 73.1 Å². The summed E-state index contributed by atoms with van der Waals surface area (Å²) >= 11 is 1.54. The number of nitrogens with one attached hydrogen (secondary N) is 3. The van der Waals surface area contributed by atoms with Gasteiger partial charge in [0, 0.05) is 85.4 Å². The maximum Gasteiger partial charge on any atom is 0.264 e. The van der Waals surface area contributed by atoms with Crippen LogP contribution in [0.15, 0.2) is 48.7 Å². The first-order valence-electron chi connectivity index (χ1n) is 11.8. The SMILES string of the molecule is O=C(c1cc2c(ccc3cnc(Nc4ccc(N5CCNCC5)cc4)nc32)s1)N1CCNCC1. The first kappa shape index (κ1) is 21.3. The minimum Gasteiger partial charge on any atom is -0.369 e. The summed E-state index contributed by atoms with van der Waals surface area (Å²) in [5.41, 5.74) is 3.04. The highest BCUT2D eigenvalue weighted by molar-refractivity contribution is 7.21. The van der Waals surface area contributed by atoms with Crippen molar-refractivity contribution < 1.29 is 4.79 Å². The lowest BCUT2D eigenvalue weighted by Crippen LogP contribution is -2.46. The van der Waals surface area contributed by atoms with Crippen LogP contribution in [0.25, 0.3) is 21.0 Å². The molecule has 4 heterocycles. The first-order chi connectivity index (χ1) is 16.7. The molecule has 1 amide bonds. The molecule has 4 aromatic rings. The zero-order chi connectivity index (χ0) is 22.9. The number of nitrogens with zero attached hydrogens (tertiary/aromatic N) is 4. The Bertz CT molecular complexity index is 1320. The van der Waals surface area contributed by atoms with Gasteiger partial charge in [0.15, 0.2) is 0 Å². The number of thiophene rings is 1. The fourth-order valence-corrected chi connectivity index (χ4v) is 5.64. The van der Waals surface area contributed by atoms with Crippen LogP contribution in [0.5, 0.6) is 0 Å². The lowest BCUT2D eigenvalue weighted by atomic mass is 10.1. The second kappa shape index (κ2) is 9.17. The molecule has 0 aliphatic carbocycles. The summed E-state index contributed by atoms with van der Waals surface area (Å²) in [6.07, 6.45) is 1.84. The van der Waals surface area contributed by atoms with Crippen molar-refractivity contribution in [2.75, 3.05) is 62.6 Å². The molecule has 9 heteroatoms. The molecule has 0 atom stereocenters. The van der Waals surface area contributed by atoms with Gasteiger partial charge in [-0.1, -0.05) is 0 Å². The molecule has 3 N–H and O–H groups in total. The lowest BCUT2D eigenvalue weighted by Gasteiger charge is -2.29. The van der Waals surface area contributed by atoms with Gasteiger partial charge >= 0.3 is 0 Å². The van der Waals surface area contributed by atoms with E-state index < -0.39 is 0 Å². The molecule has 0 spiro atoms. The molecule has 2 aromatic heterocycles. The number of anilines is 3. The molecular formula is C25H27N7OS. The van der Waals surface area contributed by atoms with E-state index in [1.165, 1.54) is 17.0 Å². The normalized spacial score (nSPS) is 16.8. The molecule has 0 saturated carbocycles. The number of hydrogen-bond acceptors (Lipinski definition) is 8. The van der Waals surface area contributed by atoms with Gasteiger partial charge in [0.1, 0.15) is 0 Å². The molecule has 2 saturated heterocycles. The van der Waals surface area contributed by atoms with Gasteiger partial charge in [0.05, 0.1) is 10.4 Å². The number of hydrogen-bond donors (Lipinski definition) is 3. The van der Waals surface area contributed by atoms with E-state index in [1.54, 1.807) is 0 Å². The van der Waals surface area contributed by atoms with Gasteiger partial charge in [0.2, 0.25) is 5.95 Å². The fraction of sp³-hybridized carbons (Fsp3) is 0.320. The second-order valence-corrected chi connectivity index (χ2v) is 9.75. The summed E-state index contributed by atoms with van der Waals surface area (Å²) in [6, 6.07) is 14.5. The van der Waals surface area contributed by atoms with Crippen LogP contribution < -0.4 is 20.9 Å². The number of amides is 1. The highest BCUT2D eigenvalue weighted by Gasteiger charge is 2.21. The summed E-state index contributed by atoms with van der Waals surface area (Å²) in [6.45, 7) is 7.27. The average molecular weight is 474 g/mol. The van der Waals surface area contributed by atoms with E-state index in [2.05, 4.69) is 56.2 Å². The Hall–Kier alpha value is -3.27. The molecule has 2 aliphatic heterocycles. The molecule has 174 valence electrons. The van der Waals surface area contributed by atoms with Crippen LogP contribution in [0, 0.1) is 0 Å². The Kier molecular flexibility index (Phi) is 5.74. The number of carbonyl (C=O) groups excluding carboxylic acids is 1. The predicted octanol–water partition coefficient (Wildman–Crippen LogP) is 3.04. The largest absolute Gasteiger partial charge is 0.369 e. The van der Waals surface area contributed by atoms with Crippen molar-refractivity contribution in [2.24, 2.45) is 0 Å². The van der Waals surface area contributed by atoms with Gasteiger partial charge in [-0.25, -0.2) is 9.97 Å². The van der Waals surface area contributed by atoms with E-state index in [-0.39, 0.29) is 5.91 Å². The number of piperazine rings is 2. The van der Waals surface area contributed by atoms with Gasteiger partial charge < -0.3 is 25.8 Å². The smallest absolute Gasteiger partial charge is 0.264 e. The second-order valence-electron chi connectivity index (χ2n) is 8.67. The van der Waals surface area contributed by atoms with Crippen LogP contribution in [0.1, 0.15) is 9.67 Å². The van der Waals surface area contributed by atoms with Crippen molar-refractivity contribution in [3.05, 3.63) is 53.5 Å². The third-order valence-electron chi connectivity index (χ3n) is 6.47. The topological polar surface area (TPSA) is 85.4 Å². The number of rotatable bonds is 4. The Morgan fingerprint density at radius 2 is 1.68 bits per heavy atom. The van der Waals surface area contributed by atoms with E-state index in [4.69, 9.17) is 4.98 Å². The van der Waals surface area contributed by atoms with Crippen LogP contribution in [0.4, 0.5) is 17.3 Å². The number of fused-ring (bicyclic) bond motifs is 3. The van der Waals surface area contributed by atoms with Gasteiger partial charge in [-0.05, 0) is 42.5 Å². The first-order valence-corrected chi connectivity index (χ1v) is 12.6. The van der Waals surface area contributed by atoms with Crippen molar-refractivity contribution in [1.82, 2.24) is 25.5 Å². The third kappa shape index (κ3) is 4.18. The van der Waals surface area contributed by atoms with E-state index in [0.29, 0.717) is 5.95 Å². The summed E-state index contributed by atoms with van der Waals surface area (Å²) in [4.78, 5) is 27.4. The molecule has 2 fully saturated rings. The Morgan fingerprint density at radius 1 is 0.941 bits per heavy atom. The predicted molar refractivity (Wildman–Crippen MR) is 139 cm³/mol. The van der Waals surface area contributed by atoms with Crippen LogP contribution >= 0.6 is 11.3 Å². The number of benzene rings is 2. The molecule has 2 aromatic carbocycles. The summed E-state index contributed by atoms with van der Waals surface area (Å²) in [5, 5.41) is 12.0. The average Bonchev–Trinajstić information content (AvgIpc) is 3.35. The van der Waals surface area contributed by atoms with Gasteiger partial charge in [-0.15, -0.1) is 11.3 Å². The summed E-state index contributed by atoms with van der Waals surface area (Å²) in [5.74, 6) is 0.656. The van der Waals surface area contributed by atoms with Crippen LogP contribution in [0.2, 0.25) is 0 Å². The molecular weight excluding hydrogens is 446 g/mol.